The smallest absolute Gasteiger partial charge is 0.349 e. The predicted octanol–water partition coefficient (Wildman–Crippen LogP) is 7.25. The van der Waals surface area contributed by atoms with Crippen LogP contribution in [-0.4, -0.2) is 87.5 Å². The molecule has 1 fully saturated rings. The zero-order valence-corrected chi connectivity index (χ0v) is 34.5. The van der Waals surface area contributed by atoms with Crippen molar-refractivity contribution >= 4 is 80.4 Å². The van der Waals surface area contributed by atoms with E-state index in [9.17, 15) is 42.3 Å². The van der Waals surface area contributed by atoms with Crippen LogP contribution in [0.25, 0.3) is 31.4 Å². The lowest BCUT2D eigenvalue weighted by atomic mass is 10.00. The molecule has 12 nitrogen and oxygen atoms in total. The first-order chi connectivity index (χ1) is 28.1. The Morgan fingerprint density at radius 3 is 2.41 bits per heavy atom. The minimum Gasteiger partial charge on any atom is -0.349 e. The van der Waals surface area contributed by atoms with Crippen LogP contribution in [0.2, 0.25) is 0 Å². The first kappa shape index (κ1) is 41.8. The van der Waals surface area contributed by atoms with Crippen molar-refractivity contribution in [1.82, 2.24) is 20.1 Å². The first-order valence-electron chi connectivity index (χ1n) is 18.7. The molecule has 1 aliphatic rings. The molecule has 0 aliphatic carbocycles. The van der Waals surface area contributed by atoms with Crippen LogP contribution < -0.4 is 10.2 Å². The third-order valence-corrected chi connectivity index (χ3v) is 13.2. The summed E-state index contributed by atoms with van der Waals surface area (Å²) in [6.45, 7) is 0.308. The summed E-state index contributed by atoms with van der Waals surface area (Å²) in [6, 6.07) is 23.1. The number of hydrogen-bond acceptors (Lipinski definition) is 8. The van der Waals surface area contributed by atoms with E-state index in [1.807, 2.05) is 60.0 Å². The molecule has 6 aromatic rings. The number of aromatic nitrogens is 1. The number of amides is 4. The van der Waals surface area contributed by atoms with Crippen LogP contribution in [0.3, 0.4) is 0 Å². The summed E-state index contributed by atoms with van der Waals surface area (Å²) < 4.78 is 41.1. The molecule has 4 aromatic carbocycles. The van der Waals surface area contributed by atoms with Gasteiger partial charge < -0.3 is 29.8 Å². The summed E-state index contributed by atoms with van der Waals surface area (Å²) >= 11 is 2.45. The van der Waals surface area contributed by atoms with E-state index in [4.69, 9.17) is 0 Å². The van der Waals surface area contributed by atoms with Gasteiger partial charge in [-0.15, -0.1) is 22.7 Å². The first-order valence-corrected chi connectivity index (χ1v) is 22.0. The van der Waals surface area contributed by atoms with Gasteiger partial charge in [0.05, 0.1) is 4.88 Å². The second-order valence-corrected chi connectivity index (χ2v) is 18.1. The van der Waals surface area contributed by atoms with E-state index in [2.05, 4.69) is 10.3 Å². The SMILES string of the molecule is CN(C)C(=O)CCN(C(=O)[C@@H]1CCCN1C(=O)[C@H](Cc1ccc2ccccc2c1)NC(=O)c1cc2cc(C(F)(F)P(=O)(O)O)ccc2s1)c1ccc(-c2nccs2)cc1. The molecule has 3 heterocycles. The number of carbonyl (C=O) groups excluding carboxylic acids is 4. The maximum Gasteiger partial charge on any atom is 0.399 e. The molecule has 2 aromatic heterocycles. The van der Waals surface area contributed by atoms with E-state index in [0.717, 1.165) is 50.4 Å². The number of nitrogens with one attached hydrogen (secondary N) is 1. The van der Waals surface area contributed by atoms with Gasteiger partial charge in [-0.25, -0.2) is 4.98 Å². The number of nitrogens with zero attached hydrogens (tertiary/aromatic N) is 4. The van der Waals surface area contributed by atoms with E-state index < -0.39 is 42.7 Å². The second-order valence-electron chi connectivity index (χ2n) is 14.5. The number of likely N-dealkylation sites (tertiary alicyclic amines) is 1. The molecule has 17 heteroatoms. The lowest BCUT2D eigenvalue weighted by molar-refractivity contribution is -0.139. The summed E-state index contributed by atoms with van der Waals surface area (Å²) in [5, 5.41) is 7.61. The van der Waals surface area contributed by atoms with E-state index in [1.54, 1.807) is 32.4 Å². The number of thiazole rings is 1. The maximum atomic E-state index is 14.7. The van der Waals surface area contributed by atoms with Crippen LogP contribution in [0.4, 0.5) is 14.5 Å². The van der Waals surface area contributed by atoms with Gasteiger partial charge in [-0.1, -0.05) is 48.5 Å². The molecule has 2 atom stereocenters. The van der Waals surface area contributed by atoms with Crippen LogP contribution in [0.5, 0.6) is 0 Å². The lowest BCUT2D eigenvalue weighted by Crippen LogP contribution is -2.55. The molecule has 306 valence electrons. The summed E-state index contributed by atoms with van der Waals surface area (Å²) in [5.41, 5.74) is -3.17. The molecule has 0 saturated carbocycles. The number of thiophene rings is 1. The Kier molecular flexibility index (Phi) is 12.1. The van der Waals surface area contributed by atoms with E-state index in [-0.39, 0.29) is 48.0 Å². The molecule has 59 heavy (non-hydrogen) atoms. The molecule has 1 aliphatic heterocycles. The monoisotopic (exact) mass is 859 g/mol. The molecule has 0 radical (unpaired) electrons. The normalized spacial score (nSPS) is 15.0. The molecule has 4 amide bonds. The van der Waals surface area contributed by atoms with Crippen molar-refractivity contribution in [2.45, 2.75) is 43.4 Å². The highest BCUT2D eigenvalue weighted by Gasteiger charge is 2.50. The van der Waals surface area contributed by atoms with Crippen molar-refractivity contribution < 1.29 is 42.3 Å². The van der Waals surface area contributed by atoms with Gasteiger partial charge in [0.1, 0.15) is 17.1 Å². The van der Waals surface area contributed by atoms with Gasteiger partial charge in [0.25, 0.3) is 5.91 Å². The largest absolute Gasteiger partial charge is 0.399 e. The number of benzene rings is 4. The number of alkyl halides is 2. The van der Waals surface area contributed by atoms with Crippen molar-refractivity contribution in [1.29, 1.82) is 0 Å². The van der Waals surface area contributed by atoms with Gasteiger partial charge in [0.15, 0.2) is 0 Å². The second kappa shape index (κ2) is 17.1. The molecular formula is C42H40F2N5O7PS2. The van der Waals surface area contributed by atoms with Crippen LogP contribution in [-0.2, 0) is 31.0 Å². The Balaban J connectivity index is 1.18. The summed E-state index contributed by atoms with van der Waals surface area (Å²) in [5.74, 6) is -1.70. The Bertz CT molecular complexity index is 2580. The van der Waals surface area contributed by atoms with Crippen molar-refractivity contribution in [3.05, 3.63) is 119 Å². The predicted molar refractivity (Wildman–Crippen MR) is 225 cm³/mol. The molecule has 0 bridgehead atoms. The van der Waals surface area contributed by atoms with Crippen LogP contribution in [0.15, 0.2) is 103 Å². The molecule has 1 saturated heterocycles. The highest BCUT2D eigenvalue weighted by molar-refractivity contribution is 7.52. The van der Waals surface area contributed by atoms with Gasteiger partial charge in [0, 0.05) is 73.1 Å². The topological polar surface area (TPSA) is 160 Å². The summed E-state index contributed by atoms with van der Waals surface area (Å²) in [7, 11) is -2.55. The standard InChI is InChI=1S/C42H40F2N5O7PS2/c1-47(2)37(50)17-20-48(32-14-11-28(12-15-32)39-45-18-21-58-39)41(53)34-8-5-19-49(34)40(52)33(23-26-9-10-27-6-3-4-7-29(27)22-26)46-38(51)36-25-30-24-31(13-16-35(30)59-36)42(43,44)57(54,55)56/h3-4,6-7,9-16,18,21-22,24-25,33-34H,5,8,17,19-20,23H2,1-2H3,(H,46,51)(H2,54,55,56)/t33-,34-/m0/s1. The number of anilines is 1. The Morgan fingerprint density at radius 2 is 1.71 bits per heavy atom. The summed E-state index contributed by atoms with van der Waals surface area (Å²) in [6.07, 6.45) is 2.69. The quantitative estimate of drug-likeness (QED) is 0.103. The van der Waals surface area contributed by atoms with Gasteiger partial charge in [-0.05, 0) is 77.0 Å². The van der Waals surface area contributed by atoms with Crippen molar-refractivity contribution in [3.63, 3.8) is 0 Å². The average Bonchev–Trinajstić information content (AvgIpc) is 4.02. The van der Waals surface area contributed by atoms with Crippen LogP contribution in [0, 0.1) is 0 Å². The minimum absolute atomic E-state index is 0.0435. The molecule has 0 spiro atoms. The highest BCUT2D eigenvalue weighted by Crippen LogP contribution is 2.59. The maximum absolute atomic E-state index is 14.7. The van der Waals surface area contributed by atoms with Crippen molar-refractivity contribution in [2.75, 3.05) is 32.1 Å². The van der Waals surface area contributed by atoms with Crippen LogP contribution >= 0.6 is 30.3 Å². The number of halogens is 2. The Labute approximate surface area is 346 Å². The fourth-order valence-electron chi connectivity index (χ4n) is 7.16. The van der Waals surface area contributed by atoms with Crippen molar-refractivity contribution in [2.24, 2.45) is 0 Å². The fourth-order valence-corrected chi connectivity index (χ4v) is 9.22. The number of fused-ring (bicyclic) bond motifs is 2. The molecular weight excluding hydrogens is 820 g/mol. The third-order valence-electron chi connectivity index (χ3n) is 10.3. The zero-order valence-electron chi connectivity index (χ0n) is 32.0. The summed E-state index contributed by atoms with van der Waals surface area (Å²) in [4.78, 5) is 83.4. The number of rotatable bonds is 13. The van der Waals surface area contributed by atoms with Gasteiger partial charge in [-0.2, -0.15) is 8.78 Å². The van der Waals surface area contributed by atoms with Gasteiger partial charge in [0.2, 0.25) is 17.7 Å². The molecule has 0 unspecified atom stereocenters. The lowest BCUT2D eigenvalue weighted by Gasteiger charge is -2.33. The van der Waals surface area contributed by atoms with Gasteiger partial charge >= 0.3 is 13.3 Å². The fraction of sp³-hybridized carbons (Fsp3) is 0.262. The van der Waals surface area contributed by atoms with Crippen molar-refractivity contribution in [3.8, 4) is 10.6 Å². The van der Waals surface area contributed by atoms with E-state index in [1.165, 1.54) is 38.2 Å². The third kappa shape index (κ3) is 8.97. The van der Waals surface area contributed by atoms with E-state index in [0.29, 0.717) is 23.2 Å². The average molecular weight is 860 g/mol. The zero-order chi connectivity index (χ0) is 42.1. The molecule has 7 rings (SSSR count). The van der Waals surface area contributed by atoms with E-state index >= 15 is 0 Å². The number of hydrogen-bond donors (Lipinski definition) is 3. The Hall–Kier alpha value is -5.38. The van der Waals surface area contributed by atoms with Crippen LogP contribution in [0.1, 0.15) is 40.1 Å². The molecule has 3 N–H and O–H groups in total. The van der Waals surface area contributed by atoms with Gasteiger partial charge in [-0.3, -0.25) is 23.7 Å². The number of carbonyl (C=O) groups is 4. The Morgan fingerprint density at radius 1 is 0.966 bits per heavy atom. The minimum atomic E-state index is -5.83. The highest BCUT2D eigenvalue weighted by atomic mass is 32.1.